The summed E-state index contributed by atoms with van der Waals surface area (Å²) in [5.74, 6) is -1.79. The average molecular weight is 402 g/mol. The van der Waals surface area contributed by atoms with E-state index in [9.17, 15) is 19.8 Å². The van der Waals surface area contributed by atoms with Crippen molar-refractivity contribution in [3.05, 3.63) is 82.9 Å². The fourth-order valence-corrected chi connectivity index (χ4v) is 3.63. The molecule has 0 radical (unpaired) electrons. The first-order valence-corrected chi connectivity index (χ1v) is 10.0. The zero-order chi connectivity index (χ0) is 22.0. The molecule has 0 amide bonds. The highest BCUT2D eigenvalue weighted by molar-refractivity contribution is 6.09. The molecule has 0 bridgehead atoms. The molecule has 0 unspecified atom stereocenters. The monoisotopic (exact) mass is 402 g/mol. The number of carboxylic acids is 2. The SMILES string of the molecule is CC(C)c1ccc(-c2ccc(C(=O)O)c(C(=O)O)c2-c2ccc(C(C)C)cc2)cc1. The quantitative estimate of drug-likeness (QED) is 0.483. The number of hydrogen-bond donors (Lipinski definition) is 2. The fourth-order valence-electron chi connectivity index (χ4n) is 3.63. The lowest BCUT2D eigenvalue weighted by Gasteiger charge is -2.17. The van der Waals surface area contributed by atoms with Gasteiger partial charge in [-0.3, -0.25) is 0 Å². The first-order valence-electron chi connectivity index (χ1n) is 10.0. The van der Waals surface area contributed by atoms with Gasteiger partial charge >= 0.3 is 11.9 Å². The Morgan fingerprint density at radius 3 is 1.50 bits per heavy atom. The molecule has 0 heterocycles. The molecule has 154 valence electrons. The van der Waals surface area contributed by atoms with E-state index in [-0.39, 0.29) is 11.1 Å². The molecule has 3 rings (SSSR count). The van der Waals surface area contributed by atoms with Crippen molar-refractivity contribution in [3.8, 4) is 22.3 Å². The van der Waals surface area contributed by atoms with Gasteiger partial charge in [0.15, 0.2) is 0 Å². The molecule has 0 saturated carbocycles. The van der Waals surface area contributed by atoms with Crippen LogP contribution in [0.25, 0.3) is 22.3 Å². The van der Waals surface area contributed by atoms with Gasteiger partial charge in [-0.15, -0.1) is 0 Å². The number of aromatic carboxylic acids is 2. The van der Waals surface area contributed by atoms with E-state index in [1.807, 2.05) is 48.5 Å². The molecule has 3 aromatic carbocycles. The van der Waals surface area contributed by atoms with E-state index >= 15 is 0 Å². The van der Waals surface area contributed by atoms with Crippen LogP contribution >= 0.6 is 0 Å². The van der Waals surface area contributed by atoms with Gasteiger partial charge in [-0.05, 0) is 45.7 Å². The Labute approximate surface area is 176 Å². The number of carboxylic acid groups (broad SMARTS) is 2. The van der Waals surface area contributed by atoms with Crippen molar-refractivity contribution in [2.75, 3.05) is 0 Å². The van der Waals surface area contributed by atoms with Crippen molar-refractivity contribution in [2.24, 2.45) is 0 Å². The van der Waals surface area contributed by atoms with Crippen molar-refractivity contribution in [3.63, 3.8) is 0 Å². The molecule has 30 heavy (non-hydrogen) atoms. The largest absolute Gasteiger partial charge is 0.478 e. The van der Waals surface area contributed by atoms with E-state index in [0.717, 1.165) is 11.1 Å². The Kier molecular flexibility index (Phi) is 6.06. The first-order chi connectivity index (χ1) is 14.2. The van der Waals surface area contributed by atoms with Gasteiger partial charge in [0.1, 0.15) is 0 Å². The van der Waals surface area contributed by atoms with Crippen LogP contribution in [0, 0.1) is 0 Å². The molecular weight excluding hydrogens is 376 g/mol. The van der Waals surface area contributed by atoms with Crippen LogP contribution in [0.15, 0.2) is 60.7 Å². The molecule has 0 aromatic heterocycles. The molecule has 0 aliphatic rings. The summed E-state index contributed by atoms with van der Waals surface area (Å²) in [6, 6.07) is 18.7. The zero-order valence-corrected chi connectivity index (χ0v) is 17.6. The minimum Gasteiger partial charge on any atom is -0.478 e. The van der Waals surface area contributed by atoms with E-state index in [2.05, 4.69) is 27.7 Å². The second-order valence-corrected chi connectivity index (χ2v) is 8.07. The molecule has 0 aliphatic carbocycles. The van der Waals surface area contributed by atoms with Crippen LogP contribution in [0.3, 0.4) is 0 Å². The smallest absolute Gasteiger partial charge is 0.337 e. The maximum absolute atomic E-state index is 12.2. The van der Waals surface area contributed by atoms with Crippen LogP contribution in [0.1, 0.15) is 71.4 Å². The van der Waals surface area contributed by atoms with Crippen molar-refractivity contribution in [1.29, 1.82) is 0 Å². The van der Waals surface area contributed by atoms with Crippen LogP contribution < -0.4 is 0 Å². The van der Waals surface area contributed by atoms with Gasteiger partial charge in [0.2, 0.25) is 0 Å². The molecule has 3 aromatic rings. The molecule has 0 saturated heterocycles. The summed E-state index contributed by atoms with van der Waals surface area (Å²) >= 11 is 0. The normalized spacial score (nSPS) is 11.1. The van der Waals surface area contributed by atoms with E-state index in [1.165, 1.54) is 11.6 Å². The number of hydrogen-bond acceptors (Lipinski definition) is 2. The van der Waals surface area contributed by atoms with Crippen LogP contribution in [-0.2, 0) is 0 Å². The molecular formula is C26H26O4. The Bertz CT molecular complexity index is 1080. The Balaban J connectivity index is 2.30. The van der Waals surface area contributed by atoms with Crippen LogP contribution in [0.2, 0.25) is 0 Å². The number of carbonyl (C=O) groups is 2. The standard InChI is InChI=1S/C26H26O4/c1-15(2)17-5-9-19(10-6-17)21-13-14-22(25(27)28)24(26(29)30)23(21)20-11-7-18(8-12-20)16(3)4/h5-16H,1-4H3,(H,27,28)(H,29,30). The van der Waals surface area contributed by atoms with Gasteiger partial charge in [0.25, 0.3) is 0 Å². The third-order valence-electron chi connectivity index (χ3n) is 5.40. The molecule has 0 atom stereocenters. The maximum Gasteiger partial charge on any atom is 0.337 e. The molecule has 0 aliphatic heterocycles. The highest BCUT2D eigenvalue weighted by Gasteiger charge is 2.24. The summed E-state index contributed by atoms with van der Waals surface area (Å²) in [6.45, 7) is 8.40. The molecule has 0 spiro atoms. The van der Waals surface area contributed by atoms with Gasteiger partial charge in [-0.25, -0.2) is 9.59 Å². The third kappa shape index (κ3) is 4.13. The van der Waals surface area contributed by atoms with Gasteiger partial charge in [0, 0.05) is 5.56 Å². The van der Waals surface area contributed by atoms with Crippen molar-refractivity contribution in [1.82, 2.24) is 0 Å². The molecule has 4 heteroatoms. The lowest BCUT2D eigenvalue weighted by Crippen LogP contribution is -2.11. The number of benzene rings is 3. The first kappa shape index (κ1) is 21.3. The highest BCUT2D eigenvalue weighted by atomic mass is 16.4. The van der Waals surface area contributed by atoms with Gasteiger partial charge in [-0.2, -0.15) is 0 Å². The average Bonchev–Trinajstić information content (AvgIpc) is 2.72. The molecule has 4 nitrogen and oxygen atoms in total. The Morgan fingerprint density at radius 1 is 0.633 bits per heavy atom. The summed E-state index contributed by atoms with van der Waals surface area (Å²) in [5, 5.41) is 19.5. The van der Waals surface area contributed by atoms with E-state index in [4.69, 9.17) is 0 Å². The summed E-state index contributed by atoms with van der Waals surface area (Å²) < 4.78 is 0. The van der Waals surface area contributed by atoms with Crippen molar-refractivity contribution >= 4 is 11.9 Å². The highest BCUT2D eigenvalue weighted by Crippen LogP contribution is 2.38. The van der Waals surface area contributed by atoms with Crippen LogP contribution in [0.5, 0.6) is 0 Å². The summed E-state index contributed by atoms with van der Waals surface area (Å²) in [5.41, 5.74) is 4.57. The van der Waals surface area contributed by atoms with E-state index in [0.29, 0.717) is 28.5 Å². The summed E-state index contributed by atoms with van der Waals surface area (Å²) in [4.78, 5) is 23.9. The third-order valence-corrected chi connectivity index (χ3v) is 5.40. The predicted molar refractivity (Wildman–Crippen MR) is 119 cm³/mol. The van der Waals surface area contributed by atoms with Gasteiger partial charge < -0.3 is 10.2 Å². The van der Waals surface area contributed by atoms with Crippen LogP contribution in [-0.4, -0.2) is 22.2 Å². The number of rotatable bonds is 6. The minimum atomic E-state index is -1.26. The van der Waals surface area contributed by atoms with E-state index < -0.39 is 11.9 Å². The lowest BCUT2D eigenvalue weighted by molar-refractivity contribution is 0.0652. The van der Waals surface area contributed by atoms with Gasteiger partial charge in [0.05, 0.1) is 11.1 Å². The second-order valence-electron chi connectivity index (χ2n) is 8.07. The van der Waals surface area contributed by atoms with Crippen molar-refractivity contribution in [2.45, 2.75) is 39.5 Å². The lowest BCUT2D eigenvalue weighted by atomic mass is 9.86. The van der Waals surface area contributed by atoms with Crippen molar-refractivity contribution < 1.29 is 19.8 Å². The topological polar surface area (TPSA) is 74.6 Å². The molecule has 0 fully saturated rings. The second kappa shape index (κ2) is 8.54. The Morgan fingerprint density at radius 2 is 1.10 bits per heavy atom. The summed E-state index contributed by atoms with van der Waals surface area (Å²) in [7, 11) is 0. The van der Waals surface area contributed by atoms with E-state index in [1.54, 1.807) is 6.07 Å². The minimum absolute atomic E-state index is 0.190. The van der Waals surface area contributed by atoms with Gasteiger partial charge in [-0.1, -0.05) is 82.3 Å². The predicted octanol–water partition coefficient (Wildman–Crippen LogP) is 6.66. The molecule has 2 N–H and O–H groups in total. The maximum atomic E-state index is 12.2. The van der Waals surface area contributed by atoms with Crippen LogP contribution in [0.4, 0.5) is 0 Å². The fraction of sp³-hybridized carbons (Fsp3) is 0.231. The zero-order valence-electron chi connectivity index (χ0n) is 17.6. The Hall–Kier alpha value is -3.40. The summed E-state index contributed by atoms with van der Waals surface area (Å²) in [6.07, 6.45) is 0.